The number of rotatable bonds is 2. The SMILES string of the molecule is O=[N+]([O-])c1cccc(S(=O)[O-])c1. The smallest absolute Gasteiger partial charge is 0.270 e. The molecule has 0 radical (unpaired) electrons. The third-order valence-corrected chi connectivity index (χ3v) is 1.86. The molecule has 0 amide bonds. The summed E-state index contributed by atoms with van der Waals surface area (Å²) in [7, 11) is 0. The number of nitro benzene ring substituents is 1. The minimum atomic E-state index is -2.41. The van der Waals surface area contributed by atoms with Crippen LogP contribution in [0.5, 0.6) is 0 Å². The number of hydrogen-bond acceptors (Lipinski definition) is 4. The van der Waals surface area contributed by atoms with Crippen LogP contribution in [0.15, 0.2) is 29.2 Å². The molecule has 6 heteroatoms. The second-order valence-electron chi connectivity index (χ2n) is 1.99. The van der Waals surface area contributed by atoms with E-state index in [2.05, 4.69) is 0 Å². The molecule has 0 spiro atoms. The molecule has 0 aliphatic carbocycles. The van der Waals surface area contributed by atoms with E-state index in [4.69, 9.17) is 0 Å². The van der Waals surface area contributed by atoms with Crippen LogP contribution in [-0.4, -0.2) is 13.7 Å². The highest BCUT2D eigenvalue weighted by Gasteiger charge is 2.04. The highest BCUT2D eigenvalue weighted by molar-refractivity contribution is 7.79. The molecule has 0 saturated heterocycles. The second-order valence-corrected chi connectivity index (χ2v) is 2.93. The van der Waals surface area contributed by atoms with Crippen LogP contribution in [-0.2, 0) is 11.1 Å². The van der Waals surface area contributed by atoms with Crippen LogP contribution in [0.1, 0.15) is 0 Å². The average molecular weight is 186 g/mol. The molecule has 1 aromatic rings. The molecular weight excluding hydrogens is 182 g/mol. The normalized spacial score (nSPS) is 12.4. The first-order chi connectivity index (χ1) is 5.61. The lowest BCUT2D eigenvalue weighted by molar-refractivity contribution is -0.385. The van der Waals surface area contributed by atoms with E-state index in [1.54, 1.807) is 0 Å². The van der Waals surface area contributed by atoms with Gasteiger partial charge in [-0.05, 0) is 17.1 Å². The Balaban J connectivity index is 3.12. The Bertz CT molecular complexity index is 309. The molecule has 0 N–H and O–H groups in total. The summed E-state index contributed by atoms with van der Waals surface area (Å²) < 4.78 is 20.7. The molecule has 1 aromatic carbocycles. The van der Waals surface area contributed by atoms with Gasteiger partial charge in [0.1, 0.15) is 0 Å². The Morgan fingerprint density at radius 3 is 2.58 bits per heavy atom. The minimum Gasteiger partial charge on any atom is -0.768 e. The lowest BCUT2D eigenvalue weighted by Crippen LogP contribution is -1.92. The first-order valence-corrected chi connectivity index (χ1v) is 4.02. The monoisotopic (exact) mass is 186 g/mol. The van der Waals surface area contributed by atoms with Gasteiger partial charge in [0, 0.05) is 17.0 Å². The standard InChI is InChI=1S/C6H5NO4S/c8-7(9)5-2-1-3-6(4-5)12(10)11/h1-4H,(H,10,11)/p-1. The van der Waals surface area contributed by atoms with Gasteiger partial charge in [0.05, 0.1) is 4.92 Å². The summed E-state index contributed by atoms with van der Waals surface area (Å²) in [4.78, 5) is 9.46. The van der Waals surface area contributed by atoms with Gasteiger partial charge in [-0.15, -0.1) is 0 Å². The summed E-state index contributed by atoms with van der Waals surface area (Å²) >= 11 is -2.41. The van der Waals surface area contributed by atoms with Gasteiger partial charge in [-0.2, -0.15) is 0 Å². The van der Waals surface area contributed by atoms with Gasteiger partial charge in [0.25, 0.3) is 5.69 Å². The van der Waals surface area contributed by atoms with Crippen molar-refractivity contribution in [3.8, 4) is 0 Å². The molecule has 5 nitrogen and oxygen atoms in total. The van der Waals surface area contributed by atoms with Crippen molar-refractivity contribution in [3.63, 3.8) is 0 Å². The largest absolute Gasteiger partial charge is 0.768 e. The van der Waals surface area contributed by atoms with Crippen LogP contribution in [0, 0.1) is 10.1 Å². The van der Waals surface area contributed by atoms with Crippen LogP contribution in [0.4, 0.5) is 5.69 Å². The number of hydrogen-bond donors (Lipinski definition) is 0. The Kier molecular flexibility index (Phi) is 2.51. The molecular formula is C6H4NO4S-. The van der Waals surface area contributed by atoms with Crippen LogP contribution in [0.25, 0.3) is 0 Å². The summed E-state index contributed by atoms with van der Waals surface area (Å²) in [5.74, 6) is 0. The van der Waals surface area contributed by atoms with E-state index in [1.165, 1.54) is 18.2 Å². The van der Waals surface area contributed by atoms with Crippen LogP contribution >= 0.6 is 0 Å². The van der Waals surface area contributed by atoms with Crippen molar-refractivity contribution in [2.75, 3.05) is 0 Å². The fourth-order valence-electron chi connectivity index (χ4n) is 0.701. The molecule has 0 aliphatic heterocycles. The molecule has 1 rings (SSSR count). The Morgan fingerprint density at radius 2 is 2.08 bits per heavy atom. The Labute approximate surface area is 70.5 Å². The molecule has 0 saturated carbocycles. The van der Waals surface area contributed by atoms with E-state index in [9.17, 15) is 18.9 Å². The zero-order valence-corrected chi connectivity index (χ0v) is 6.61. The average Bonchev–Trinajstić information content (AvgIpc) is 2.04. The van der Waals surface area contributed by atoms with Crippen LogP contribution in [0.2, 0.25) is 0 Å². The minimum absolute atomic E-state index is 0.0794. The van der Waals surface area contributed by atoms with E-state index in [-0.39, 0.29) is 10.6 Å². The fourth-order valence-corrected chi connectivity index (χ4v) is 1.11. The zero-order chi connectivity index (χ0) is 9.14. The molecule has 1 unspecified atom stereocenters. The molecule has 0 aliphatic rings. The lowest BCUT2D eigenvalue weighted by atomic mass is 10.3. The number of non-ortho nitro benzene ring substituents is 1. The molecule has 0 bridgehead atoms. The van der Waals surface area contributed by atoms with Gasteiger partial charge in [0.2, 0.25) is 0 Å². The predicted molar refractivity (Wildman–Crippen MR) is 40.3 cm³/mol. The Morgan fingerprint density at radius 1 is 1.42 bits per heavy atom. The van der Waals surface area contributed by atoms with Crippen molar-refractivity contribution >= 4 is 16.8 Å². The molecule has 12 heavy (non-hydrogen) atoms. The second kappa shape index (κ2) is 3.42. The molecule has 0 aromatic heterocycles. The highest BCUT2D eigenvalue weighted by Crippen LogP contribution is 2.14. The summed E-state index contributed by atoms with van der Waals surface area (Å²) in [6.45, 7) is 0. The number of nitrogens with zero attached hydrogens (tertiary/aromatic N) is 1. The van der Waals surface area contributed by atoms with Crippen molar-refractivity contribution < 1.29 is 13.7 Å². The number of nitro groups is 1. The van der Waals surface area contributed by atoms with Crippen molar-refractivity contribution in [1.82, 2.24) is 0 Å². The lowest BCUT2D eigenvalue weighted by Gasteiger charge is -2.02. The van der Waals surface area contributed by atoms with Crippen LogP contribution < -0.4 is 0 Å². The van der Waals surface area contributed by atoms with Crippen molar-refractivity contribution in [3.05, 3.63) is 34.4 Å². The summed E-state index contributed by atoms with van der Waals surface area (Å²) in [6.07, 6.45) is 0. The predicted octanol–water partition coefficient (Wildman–Crippen LogP) is 0.833. The van der Waals surface area contributed by atoms with Gasteiger partial charge in [-0.3, -0.25) is 14.3 Å². The molecule has 0 heterocycles. The third-order valence-electron chi connectivity index (χ3n) is 1.22. The molecule has 64 valence electrons. The summed E-state index contributed by atoms with van der Waals surface area (Å²) in [5, 5.41) is 10.2. The number of benzene rings is 1. The maximum Gasteiger partial charge on any atom is 0.270 e. The van der Waals surface area contributed by atoms with Gasteiger partial charge >= 0.3 is 0 Å². The topological polar surface area (TPSA) is 83.3 Å². The quantitative estimate of drug-likeness (QED) is 0.389. The van der Waals surface area contributed by atoms with E-state index in [0.29, 0.717) is 0 Å². The first kappa shape index (κ1) is 8.82. The van der Waals surface area contributed by atoms with Crippen molar-refractivity contribution in [2.45, 2.75) is 4.90 Å². The van der Waals surface area contributed by atoms with E-state index in [0.717, 1.165) is 6.07 Å². The third kappa shape index (κ3) is 1.86. The first-order valence-electron chi connectivity index (χ1n) is 2.95. The Hall–Kier alpha value is -1.27. The summed E-state index contributed by atoms with van der Waals surface area (Å²) in [6, 6.07) is 4.85. The van der Waals surface area contributed by atoms with E-state index in [1.807, 2.05) is 0 Å². The summed E-state index contributed by atoms with van der Waals surface area (Å²) in [5.41, 5.74) is -0.225. The zero-order valence-electron chi connectivity index (χ0n) is 5.80. The van der Waals surface area contributed by atoms with Gasteiger partial charge in [-0.1, -0.05) is 6.07 Å². The van der Waals surface area contributed by atoms with E-state index >= 15 is 0 Å². The van der Waals surface area contributed by atoms with Crippen molar-refractivity contribution in [1.29, 1.82) is 0 Å². The maximum atomic E-state index is 10.4. The van der Waals surface area contributed by atoms with Gasteiger partial charge < -0.3 is 4.55 Å². The maximum absolute atomic E-state index is 10.4. The van der Waals surface area contributed by atoms with Crippen molar-refractivity contribution in [2.24, 2.45) is 0 Å². The highest BCUT2D eigenvalue weighted by atomic mass is 32.2. The van der Waals surface area contributed by atoms with E-state index < -0.39 is 16.0 Å². The van der Waals surface area contributed by atoms with Gasteiger partial charge in [-0.25, -0.2) is 0 Å². The van der Waals surface area contributed by atoms with Gasteiger partial charge in [0.15, 0.2) is 0 Å². The fraction of sp³-hybridized carbons (Fsp3) is 0. The van der Waals surface area contributed by atoms with Crippen LogP contribution in [0.3, 0.4) is 0 Å². The molecule has 0 fully saturated rings. The molecule has 1 atom stereocenters.